The van der Waals surface area contributed by atoms with Gasteiger partial charge in [0.2, 0.25) is 0 Å². The van der Waals surface area contributed by atoms with Crippen molar-refractivity contribution in [3.63, 3.8) is 0 Å². The zero-order valence-electron chi connectivity index (χ0n) is 13.3. The zero-order valence-corrected chi connectivity index (χ0v) is 15.6. The Labute approximate surface area is 152 Å². The summed E-state index contributed by atoms with van der Waals surface area (Å²) >= 11 is 0. The minimum atomic E-state index is -0.259. The highest BCUT2D eigenvalue weighted by atomic mass is 127. The Balaban J connectivity index is 0.00000192. The van der Waals surface area contributed by atoms with Crippen LogP contribution in [0.4, 0.5) is 4.39 Å². The van der Waals surface area contributed by atoms with Crippen molar-refractivity contribution in [2.75, 3.05) is 0 Å². The predicted octanol–water partition coefficient (Wildman–Crippen LogP) is 4.24. The van der Waals surface area contributed by atoms with Gasteiger partial charge in [0, 0.05) is 17.0 Å². The SMILES string of the molecule is Cc1c(CN=C(N)NC2CCCCC2)oc2ccc(F)cc12.I. The number of rotatable bonds is 3. The van der Waals surface area contributed by atoms with Gasteiger partial charge in [-0.1, -0.05) is 19.3 Å². The molecule has 0 bridgehead atoms. The molecule has 4 nitrogen and oxygen atoms in total. The minimum Gasteiger partial charge on any atom is -0.459 e. The molecule has 1 aliphatic rings. The molecular formula is C17H23FIN3O. The molecule has 0 radical (unpaired) electrons. The van der Waals surface area contributed by atoms with Crippen molar-refractivity contribution in [3.8, 4) is 0 Å². The molecule has 0 unspecified atom stereocenters. The number of furan rings is 1. The number of aliphatic imine (C=N–C) groups is 1. The maximum Gasteiger partial charge on any atom is 0.189 e. The molecule has 2 aromatic rings. The number of nitrogens with one attached hydrogen (secondary N) is 1. The first-order valence-corrected chi connectivity index (χ1v) is 7.87. The number of hydrogen-bond donors (Lipinski definition) is 2. The molecule has 1 aromatic carbocycles. The topological polar surface area (TPSA) is 63.5 Å². The van der Waals surface area contributed by atoms with Crippen molar-refractivity contribution < 1.29 is 8.81 Å². The molecular weight excluding hydrogens is 408 g/mol. The quantitative estimate of drug-likeness (QED) is 0.434. The Kier molecular flexibility index (Phi) is 6.26. The Morgan fingerprint density at radius 2 is 2.09 bits per heavy atom. The summed E-state index contributed by atoms with van der Waals surface area (Å²) in [6.07, 6.45) is 6.11. The summed E-state index contributed by atoms with van der Waals surface area (Å²) in [5, 5.41) is 4.07. The summed E-state index contributed by atoms with van der Waals surface area (Å²) in [7, 11) is 0. The number of halogens is 2. The molecule has 0 saturated heterocycles. The molecule has 1 aliphatic carbocycles. The van der Waals surface area contributed by atoms with Crippen LogP contribution in [0.1, 0.15) is 43.4 Å². The van der Waals surface area contributed by atoms with E-state index in [1.54, 1.807) is 6.07 Å². The Morgan fingerprint density at radius 3 is 2.83 bits per heavy atom. The highest BCUT2D eigenvalue weighted by Gasteiger charge is 2.14. The molecule has 0 spiro atoms. The van der Waals surface area contributed by atoms with E-state index >= 15 is 0 Å². The average Bonchev–Trinajstić information content (AvgIpc) is 2.82. The van der Waals surface area contributed by atoms with Gasteiger partial charge in [-0.3, -0.25) is 0 Å². The number of hydrogen-bond acceptors (Lipinski definition) is 2. The van der Waals surface area contributed by atoms with Crippen molar-refractivity contribution in [2.45, 2.75) is 51.6 Å². The van der Waals surface area contributed by atoms with Gasteiger partial charge in [-0.15, -0.1) is 24.0 Å². The van der Waals surface area contributed by atoms with Gasteiger partial charge < -0.3 is 15.5 Å². The lowest BCUT2D eigenvalue weighted by Crippen LogP contribution is -2.41. The summed E-state index contributed by atoms with van der Waals surface area (Å²) in [5.74, 6) is 0.928. The van der Waals surface area contributed by atoms with Crippen LogP contribution in [0.2, 0.25) is 0 Å². The van der Waals surface area contributed by atoms with Crippen LogP contribution in [0.3, 0.4) is 0 Å². The van der Waals surface area contributed by atoms with E-state index in [9.17, 15) is 4.39 Å². The average molecular weight is 431 g/mol. The molecule has 1 fully saturated rings. The molecule has 3 rings (SSSR count). The van der Waals surface area contributed by atoms with E-state index in [0.717, 1.165) is 29.6 Å². The Hall–Kier alpha value is -1.31. The molecule has 1 aromatic heterocycles. The molecule has 0 atom stereocenters. The van der Waals surface area contributed by atoms with Crippen molar-refractivity contribution in [3.05, 3.63) is 35.3 Å². The van der Waals surface area contributed by atoms with Crippen LogP contribution in [-0.2, 0) is 6.54 Å². The summed E-state index contributed by atoms with van der Waals surface area (Å²) in [4.78, 5) is 4.36. The fraction of sp³-hybridized carbons (Fsp3) is 0.471. The van der Waals surface area contributed by atoms with E-state index in [1.807, 2.05) is 6.92 Å². The van der Waals surface area contributed by atoms with Crippen LogP contribution in [0.5, 0.6) is 0 Å². The van der Waals surface area contributed by atoms with E-state index < -0.39 is 0 Å². The van der Waals surface area contributed by atoms with Gasteiger partial charge in [0.15, 0.2) is 5.96 Å². The van der Waals surface area contributed by atoms with Gasteiger partial charge >= 0.3 is 0 Å². The third-order valence-corrected chi connectivity index (χ3v) is 4.35. The highest BCUT2D eigenvalue weighted by Crippen LogP contribution is 2.26. The lowest BCUT2D eigenvalue weighted by Gasteiger charge is -2.23. The normalized spacial score (nSPS) is 16.3. The highest BCUT2D eigenvalue weighted by molar-refractivity contribution is 14.0. The Bertz CT molecular complexity index is 692. The minimum absolute atomic E-state index is 0. The number of nitrogens with two attached hydrogens (primary N) is 1. The second kappa shape index (κ2) is 7.99. The fourth-order valence-electron chi connectivity index (χ4n) is 3.05. The summed E-state index contributed by atoms with van der Waals surface area (Å²) in [6.45, 7) is 2.29. The van der Waals surface area contributed by atoms with Crippen molar-refractivity contribution in [1.29, 1.82) is 0 Å². The van der Waals surface area contributed by atoms with Gasteiger partial charge in [0.1, 0.15) is 23.7 Å². The first kappa shape index (κ1) is 18.0. The van der Waals surface area contributed by atoms with Crippen LogP contribution < -0.4 is 11.1 Å². The van der Waals surface area contributed by atoms with E-state index in [-0.39, 0.29) is 29.8 Å². The van der Waals surface area contributed by atoms with Crippen molar-refractivity contribution >= 4 is 40.9 Å². The van der Waals surface area contributed by atoms with E-state index in [2.05, 4.69) is 10.3 Å². The third-order valence-electron chi connectivity index (χ3n) is 4.35. The van der Waals surface area contributed by atoms with Crippen LogP contribution in [-0.4, -0.2) is 12.0 Å². The molecule has 126 valence electrons. The van der Waals surface area contributed by atoms with Gasteiger partial charge in [-0.05, 0) is 38.0 Å². The standard InChI is InChI=1S/C17H22FN3O.HI/c1-11-14-9-12(18)7-8-15(14)22-16(11)10-20-17(19)21-13-5-3-2-4-6-13;/h7-9,13H,2-6,10H2,1H3,(H3,19,20,21);1H. The lowest BCUT2D eigenvalue weighted by molar-refractivity contribution is 0.412. The van der Waals surface area contributed by atoms with E-state index in [0.29, 0.717) is 24.1 Å². The number of benzene rings is 1. The molecule has 0 amide bonds. The number of aryl methyl sites for hydroxylation is 1. The first-order chi connectivity index (χ1) is 10.6. The van der Waals surface area contributed by atoms with Crippen molar-refractivity contribution in [2.24, 2.45) is 10.7 Å². The zero-order chi connectivity index (χ0) is 15.5. The summed E-state index contributed by atoms with van der Waals surface area (Å²) < 4.78 is 19.0. The third kappa shape index (κ3) is 4.37. The number of nitrogens with zero attached hydrogens (tertiary/aromatic N) is 1. The molecule has 3 N–H and O–H groups in total. The number of fused-ring (bicyclic) bond motifs is 1. The van der Waals surface area contributed by atoms with Crippen molar-refractivity contribution in [1.82, 2.24) is 5.32 Å². The smallest absolute Gasteiger partial charge is 0.189 e. The molecule has 6 heteroatoms. The number of guanidine groups is 1. The molecule has 1 heterocycles. The molecule has 23 heavy (non-hydrogen) atoms. The summed E-state index contributed by atoms with van der Waals surface area (Å²) in [5.41, 5.74) is 7.56. The monoisotopic (exact) mass is 431 g/mol. The first-order valence-electron chi connectivity index (χ1n) is 7.87. The van der Waals surface area contributed by atoms with Crippen LogP contribution in [0.15, 0.2) is 27.6 Å². The molecule has 1 saturated carbocycles. The predicted molar refractivity (Wildman–Crippen MR) is 102 cm³/mol. The summed E-state index contributed by atoms with van der Waals surface area (Å²) in [6, 6.07) is 4.97. The lowest BCUT2D eigenvalue weighted by atomic mass is 9.96. The maximum absolute atomic E-state index is 13.3. The van der Waals surface area contributed by atoms with Crippen LogP contribution in [0, 0.1) is 12.7 Å². The maximum atomic E-state index is 13.3. The van der Waals surface area contributed by atoms with E-state index in [1.165, 1.54) is 31.4 Å². The van der Waals surface area contributed by atoms with Crippen LogP contribution in [0.25, 0.3) is 11.0 Å². The Morgan fingerprint density at radius 1 is 1.35 bits per heavy atom. The van der Waals surface area contributed by atoms with Gasteiger partial charge in [-0.25, -0.2) is 9.38 Å². The fourth-order valence-corrected chi connectivity index (χ4v) is 3.05. The van der Waals surface area contributed by atoms with Gasteiger partial charge in [0.05, 0.1) is 0 Å². The largest absolute Gasteiger partial charge is 0.459 e. The molecule has 0 aliphatic heterocycles. The second-order valence-corrected chi connectivity index (χ2v) is 5.97. The van der Waals surface area contributed by atoms with Gasteiger partial charge in [-0.2, -0.15) is 0 Å². The second-order valence-electron chi connectivity index (χ2n) is 5.97. The van der Waals surface area contributed by atoms with Gasteiger partial charge in [0.25, 0.3) is 0 Å². The van der Waals surface area contributed by atoms with Crippen LogP contribution >= 0.6 is 24.0 Å². The van der Waals surface area contributed by atoms with E-state index in [4.69, 9.17) is 10.2 Å².